The lowest BCUT2D eigenvalue weighted by atomic mass is 9.79. The number of carbonyl (C=O) groups excluding carboxylic acids is 3. The third kappa shape index (κ3) is 9.50. The second-order valence-corrected chi connectivity index (χ2v) is 16.0. The van der Waals surface area contributed by atoms with Crippen LogP contribution in [0.3, 0.4) is 0 Å². The number of fused-ring (bicyclic) bond motifs is 2. The molecule has 2 atom stereocenters. The molecule has 2 aromatic heterocycles. The number of anilines is 1. The summed E-state index contributed by atoms with van der Waals surface area (Å²) < 4.78 is 1.44. The molecule has 57 heavy (non-hydrogen) atoms. The molecule has 2 fully saturated rings. The van der Waals surface area contributed by atoms with E-state index in [9.17, 15) is 24.3 Å². The van der Waals surface area contributed by atoms with Crippen molar-refractivity contribution in [3.8, 4) is 0 Å². The van der Waals surface area contributed by atoms with Gasteiger partial charge in [0, 0.05) is 80.4 Å². The zero-order valence-electron chi connectivity index (χ0n) is 32.4. The van der Waals surface area contributed by atoms with E-state index in [-0.39, 0.29) is 41.7 Å². The van der Waals surface area contributed by atoms with Crippen molar-refractivity contribution in [3.63, 3.8) is 0 Å². The predicted molar refractivity (Wildman–Crippen MR) is 221 cm³/mol. The molecular weight excluding hydrogens is 744 g/mol. The van der Waals surface area contributed by atoms with Crippen molar-refractivity contribution in [2.24, 2.45) is 5.92 Å². The highest BCUT2D eigenvalue weighted by molar-refractivity contribution is 6.35. The Hall–Kier alpha value is -5.21. The lowest BCUT2D eigenvalue weighted by Crippen LogP contribution is -2.53. The summed E-state index contributed by atoms with van der Waals surface area (Å²) in [7, 11) is 3.81. The van der Waals surface area contributed by atoms with Crippen molar-refractivity contribution in [2.75, 3.05) is 65.2 Å². The lowest BCUT2D eigenvalue weighted by molar-refractivity contribution is -0.142. The molecule has 0 unspecified atom stereocenters. The fraction of sp³-hybridized carbons (Fsp3) is 0.395. The van der Waals surface area contributed by atoms with Crippen molar-refractivity contribution in [3.05, 3.63) is 112 Å². The van der Waals surface area contributed by atoms with E-state index in [0.29, 0.717) is 104 Å². The Morgan fingerprint density at radius 3 is 2.47 bits per heavy atom. The number of halogens is 1. The molecule has 0 bridgehead atoms. The standard InChI is InChI=1S/C43H49ClN8O5/c1-49(2)19-14-39(53)48-31-9-11-34-38(25-31)47-28-52(42(34)56)27-43(57)15-21-51(22-16-43)41(55)32-13-20-50(26-35(32)29-6-4-3-5-7-29)23-18-46-40(54)30-8-10-33-36(44)12-17-45-37(33)24-30/h3-12,17,24-25,28,32,35,57H,13-16,18-23,26-27H2,1-2H3,(H,46,54)(H,48,53)/t32-,35+/m1/s1. The SMILES string of the molecule is CN(C)CCC(=O)Nc1ccc2c(=O)n(CC3(O)CCN(C(=O)[C@@H]4CCN(CCNC(=O)c5ccc6c(Cl)ccnc6c5)C[C@H]4c4ccccc4)CC3)cnc2c1. The predicted octanol–water partition coefficient (Wildman–Crippen LogP) is 4.38. The summed E-state index contributed by atoms with van der Waals surface area (Å²) in [6, 6.07) is 22.2. The fourth-order valence-electron chi connectivity index (χ4n) is 7.99. The van der Waals surface area contributed by atoms with E-state index in [2.05, 4.69) is 37.6 Å². The minimum absolute atomic E-state index is 0.0330. The molecule has 2 saturated heterocycles. The highest BCUT2D eigenvalue weighted by atomic mass is 35.5. The number of nitrogens with one attached hydrogen (secondary N) is 2. The van der Waals surface area contributed by atoms with Gasteiger partial charge in [0.25, 0.3) is 11.5 Å². The smallest absolute Gasteiger partial charge is 0.261 e. The maximum atomic E-state index is 14.2. The minimum Gasteiger partial charge on any atom is -0.388 e. The molecule has 0 saturated carbocycles. The third-order valence-corrected chi connectivity index (χ3v) is 11.6. The molecule has 4 heterocycles. The van der Waals surface area contributed by atoms with Gasteiger partial charge in [0.05, 0.1) is 39.9 Å². The van der Waals surface area contributed by atoms with Gasteiger partial charge in [0.1, 0.15) is 0 Å². The molecular formula is C43H49ClN8O5. The monoisotopic (exact) mass is 792 g/mol. The van der Waals surface area contributed by atoms with E-state index in [1.807, 2.05) is 48.2 Å². The lowest BCUT2D eigenvalue weighted by Gasteiger charge is -2.43. The summed E-state index contributed by atoms with van der Waals surface area (Å²) in [6.07, 6.45) is 4.74. The number of piperidine rings is 2. The van der Waals surface area contributed by atoms with Crippen LogP contribution >= 0.6 is 11.6 Å². The first-order valence-electron chi connectivity index (χ1n) is 19.5. The van der Waals surface area contributed by atoms with Crippen LogP contribution in [0.2, 0.25) is 5.02 Å². The molecule has 0 aliphatic carbocycles. The average molecular weight is 793 g/mol. The Morgan fingerprint density at radius 2 is 1.70 bits per heavy atom. The van der Waals surface area contributed by atoms with Crippen molar-refractivity contribution in [1.82, 2.24) is 34.6 Å². The summed E-state index contributed by atoms with van der Waals surface area (Å²) in [6.45, 7) is 3.94. The van der Waals surface area contributed by atoms with E-state index >= 15 is 0 Å². The van der Waals surface area contributed by atoms with Crippen LogP contribution < -0.4 is 16.2 Å². The van der Waals surface area contributed by atoms with Crippen LogP contribution in [0.25, 0.3) is 21.8 Å². The zero-order chi connectivity index (χ0) is 40.1. The Morgan fingerprint density at radius 1 is 0.947 bits per heavy atom. The van der Waals surface area contributed by atoms with Gasteiger partial charge in [-0.2, -0.15) is 0 Å². The number of amides is 3. The normalized spacial score (nSPS) is 18.5. The molecule has 3 aromatic carbocycles. The van der Waals surface area contributed by atoms with E-state index < -0.39 is 5.60 Å². The number of pyridine rings is 1. The number of aliphatic hydroxyl groups is 1. The van der Waals surface area contributed by atoms with Gasteiger partial charge in [-0.25, -0.2) is 4.98 Å². The summed E-state index contributed by atoms with van der Waals surface area (Å²) in [5.74, 6) is -0.475. The van der Waals surface area contributed by atoms with Crippen molar-refractivity contribution in [1.29, 1.82) is 0 Å². The van der Waals surface area contributed by atoms with Crippen LogP contribution in [0, 0.1) is 5.92 Å². The van der Waals surface area contributed by atoms with Crippen LogP contribution in [-0.4, -0.2) is 118 Å². The first-order chi connectivity index (χ1) is 27.5. The number of carbonyl (C=O) groups is 3. The number of benzene rings is 3. The Labute approximate surface area is 336 Å². The van der Waals surface area contributed by atoms with E-state index in [4.69, 9.17) is 11.6 Å². The minimum atomic E-state index is -1.18. The van der Waals surface area contributed by atoms with Gasteiger partial charge in [0.2, 0.25) is 11.8 Å². The van der Waals surface area contributed by atoms with Gasteiger partial charge in [-0.3, -0.25) is 28.7 Å². The summed E-state index contributed by atoms with van der Waals surface area (Å²) >= 11 is 6.27. The number of hydrogen-bond acceptors (Lipinski definition) is 9. The van der Waals surface area contributed by atoms with E-state index in [0.717, 1.165) is 10.9 Å². The van der Waals surface area contributed by atoms with Crippen molar-refractivity contribution in [2.45, 2.75) is 43.7 Å². The van der Waals surface area contributed by atoms with Gasteiger partial charge in [0.15, 0.2) is 0 Å². The maximum absolute atomic E-state index is 14.2. The quantitative estimate of drug-likeness (QED) is 0.167. The fourth-order valence-corrected chi connectivity index (χ4v) is 8.21. The highest BCUT2D eigenvalue weighted by Crippen LogP contribution is 2.35. The molecule has 2 aliphatic rings. The molecule has 7 rings (SSSR count). The number of aromatic nitrogens is 3. The summed E-state index contributed by atoms with van der Waals surface area (Å²) in [4.78, 5) is 67.9. The Balaban J connectivity index is 0.943. The van der Waals surface area contributed by atoms with Gasteiger partial charge in [-0.1, -0.05) is 48.0 Å². The van der Waals surface area contributed by atoms with Gasteiger partial charge >= 0.3 is 0 Å². The number of hydrogen-bond donors (Lipinski definition) is 3. The first kappa shape index (κ1) is 40.0. The van der Waals surface area contributed by atoms with E-state index in [1.54, 1.807) is 42.6 Å². The molecule has 3 amide bonds. The van der Waals surface area contributed by atoms with Gasteiger partial charge in [-0.05, 0) is 81.9 Å². The Kier molecular flexibility index (Phi) is 12.3. The second-order valence-electron chi connectivity index (χ2n) is 15.6. The number of rotatable bonds is 12. The molecule has 3 N–H and O–H groups in total. The largest absolute Gasteiger partial charge is 0.388 e. The highest BCUT2D eigenvalue weighted by Gasteiger charge is 2.41. The topological polar surface area (TPSA) is 153 Å². The molecule has 0 spiro atoms. The van der Waals surface area contributed by atoms with Crippen molar-refractivity contribution >= 4 is 56.8 Å². The van der Waals surface area contributed by atoms with E-state index in [1.165, 1.54) is 10.9 Å². The summed E-state index contributed by atoms with van der Waals surface area (Å²) in [5.41, 5.74) is 1.86. The molecule has 14 heteroatoms. The molecule has 2 aliphatic heterocycles. The molecule has 13 nitrogen and oxygen atoms in total. The van der Waals surface area contributed by atoms with Crippen LogP contribution in [0.4, 0.5) is 5.69 Å². The van der Waals surface area contributed by atoms with Gasteiger partial charge in [-0.15, -0.1) is 0 Å². The number of likely N-dealkylation sites (tertiary alicyclic amines) is 2. The molecule has 0 radical (unpaired) electrons. The van der Waals surface area contributed by atoms with Gasteiger partial charge < -0.3 is 30.4 Å². The van der Waals surface area contributed by atoms with Crippen LogP contribution in [0.5, 0.6) is 0 Å². The molecule has 298 valence electrons. The van der Waals surface area contributed by atoms with Crippen molar-refractivity contribution < 1.29 is 19.5 Å². The Bertz CT molecular complexity index is 2310. The first-order valence-corrected chi connectivity index (χ1v) is 19.9. The number of nitrogens with zero attached hydrogens (tertiary/aromatic N) is 6. The third-order valence-electron chi connectivity index (χ3n) is 11.3. The second kappa shape index (κ2) is 17.5. The zero-order valence-corrected chi connectivity index (χ0v) is 33.1. The van der Waals surface area contributed by atoms with Crippen LogP contribution in [0.15, 0.2) is 90.1 Å². The molecule has 5 aromatic rings. The average Bonchev–Trinajstić information content (AvgIpc) is 3.21. The maximum Gasteiger partial charge on any atom is 0.261 e. The van der Waals surface area contributed by atoms with Crippen LogP contribution in [-0.2, 0) is 16.1 Å². The summed E-state index contributed by atoms with van der Waals surface area (Å²) in [5, 5.41) is 19.3. The van der Waals surface area contributed by atoms with Crippen LogP contribution in [0.1, 0.15) is 47.5 Å².